The van der Waals surface area contributed by atoms with Gasteiger partial charge in [-0.3, -0.25) is 0 Å². The van der Waals surface area contributed by atoms with Gasteiger partial charge in [-0.05, 0) is 11.1 Å². The van der Waals surface area contributed by atoms with E-state index in [0.29, 0.717) is 18.2 Å². The van der Waals surface area contributed by atoms with E-state index in [9.17, 15) is 5.11 Å². The van der Waals surface area contributed by atoms with Crippen molar-refractivity contribution in [1.29, 1.82) is 0 Å². The Morgan fingerprint density at radius 2 is 1.75 bits per heavy atom. The molecule has 5 nitrogen and oxygen atoms in total. The summed E-state index contributed by atoms with van der Waals surface area (Å²) in [6, 6.07) is 19.8. The van der Waals surface area contributed by atoms with E-state index in [1.165, 1.54) is 0 Å². The highest BCUT2D eigenvalue weighted by Gasteiger charge is 2.18. The molecule has 142 valence electrons. The van der Waals surface area contributed by atoms with Crippen molar-refractivity contribution in [1.82, 2.24) is 9.97 Å². The van der Waals surface area contributed by atoms with Gasteiger partial charge in [-0.15, -0.1) is 11.3 Å². The van der Waals surface area contributed by atoms with Gasteiger partial charge in [0.1, 0.15) is 17.3 Å². The lowest BCUT2D eigenvalue weighted by atomic mass is 10.0. The number of aliphatic hydroxyl groups excluding tert-OH is 1. The van der Waals surface area contributed by atoms with E-state index in [1.807, 2.05) is 48.5 Å². The molecule has 1 atom stereocenters. The molecule has 0 amide bonds. The Labute approximate surface area is 167 Å². The van der Waals surface area contributed by atoms with Gasteiger partial charge in [0, 0.05) is 18.1 Å². The maximum absolute atomic E-state index is 9.99. The molecule has 2 N–H and O–H groups in total. The second kappa shape index (κ2) is 8.48. The average Bonchev–Trinajstić information content (AvgIpc) is 3.17. The molecule has 0 aliphatic rings. The summed E-state index contributed by atoms with van der Waals surface area (Å²) in [5.74, 6) is 1.32. The summed E-state index contributed by atoms with van der Waals surface area (Å²) in [5.41, 5.74) is 3.19. The van der Waals surface area contributed by atoms with E-state index in [1.54, 1.807) is 18.4 Å². The van der Waals surface area contributed by atoms with Crippen molar-refractivity contribution in [3.63, 3.8) is 0 Å². The van der Waals surface area contributed by atoms with E-state index in [0.717, 1.165) is 26.9 Å². The minimum atomic E-state index is -0.266. The van der Waals surface area contributed by atoms with Crippen LogP contribution in [0.1, 0.15) is 17.4 Å². The van der Waals surface area contributed by atoms with E-state index >= 15 is 0 Å². The lowest BCUT2D eigenvalue weighted by Gasteiger charge is -2.19. The van der Waals surface area contributed by atoms with Gasteiger partial charge in [0.2, 0.25) is 0 Å². The number of fused-ring (bicyclic) bond motifs is 1. The number of nitrogens with zero attached hydrogens (tertiary/aromatic N) is 2. The standard InChI is InChI=1S/C22H21N3O2S/c1-27-13-19-24-21(23-18(12-26)16-10-6-3-7-11-16)20-17(14-28-22(20)25-19)15-8-4-2-5-9-15/h2-11,14,18,26H,12-13H2,1H3,(H,23,24,25). The fourth-order valence-electron chi connectivity index (χ4n) is 3.20. The first kappa shape index (κ1) is 18.6. The number of ether oxygens (including phenoxy) is 1. The Morgan fingerprint density at radius 3 is 2.43 bits per heavy atom. The van der Waals surface area contributed by atoms with Gasteiger partial charge in [0.05, 0.1) is 18.0 Å². The molecule has 6 heteroatoms. The molecule has 0 bridgehead atoms. The molecule has 2 aromatic carbocycles. The first-order valence-corrected chi connectivity index (χ1v) is 9.93. The third-order valence-corrected chi connectivity index (χ3v) is 5.41. The highest BCUT2D eigenvalue weighted by molar-refractivity contribution is 7.17. The fraction of sp³-hybridized carbons (Fsp3) is 0.182. The molecule has 0 saturated carbocycles. The van der Waals surface area contributed by atoms with Crippen LogP contribution >= 0.6 is 11.3 Å². The molecule has 0 saturated heterocycles. The molecule has 1 unspecified atom stereocenters. The summed E-state index contributed by atoms with van der Waals surface area (Å²) in [6.45, 7) is 0.290. The molecule has 0 spiro atoms. The molecule has 4 rings (SSSR count). The molecular weight excluding hydrogens is 370 g/mol. The predicted octanol–water partition coefficient (Wildman–Crippen LogP) is 4.65. The second-order valence-electron chi connectivity index (χ2n) is 6.41. The smallest absolute Gasteiger partial charge is 0.158 e. The van der Waals surface area contributed by atoms with Crippen molar-refractivity contribution in [2.45, 2.75) is 12.6 Å². The minimum absolute atomic E-state index is 0.0417. The first-order valence-electron chi connectivity index (χ1n) is 9.05. The van der Waals surface area contributed by atoms with E-state index in [-0.39, 0.29) is 12.6 Å². The normalized spacial score (nSPS) is 12.2. The molecule has 4 aromatic rings. The van der Waals surface area contributed by atoms with Crippen molar-refractivity contribution in [2.75, 3.05) is 19.0 Å². The molecule has 2 aromatic heterocycles. The van der Waals surface area contributed by atoms with Crippen molar-refractivity contribution < 1.29 is 9.84 Å². The lowest BCUT2D eigenvalue weighted by Crippen LogP contribution is -2.16. The van der Waals surface area contributed by atoms with Crippen LogP contribution in [-0.4, -0.2) is 28.8 Å². The Hall–Kier alpha value is -2.80. The van der Waals surface area contributed by atoms with Crippen LogP contribution < -0.4 is 5.32 Å². The van der Waals surface area contributed by atoms with Crippen molar-refractivity contribution in [2.24, 2.45) is 0 Å². The van der Waals surface area contributed by atoms with Crippen molar-refractivity contribution in [3.05, 3.63) is 77.4 Å². The van der Waals surface area contributed by atoms with Gasteiger partial charge in [0.25, 0.3) is 0 Å². The molecule has 0 aliphatic heterocycles. The number of benzene rings is 2. The van der Waals surface area contributed by atoms with Gasteiger partial charge in [-0.1, -0.05) is 60.7 Å². The Bertz CT molecular complexity index is 1050. The Morgan fingerprint density at radius 1 is 1.04 bits per heavy atom. The number of rotatable bonds is 7. The quantitative estimate of drug-likeness (QED) is 0.480. The lowest BCUT2D eigenvalue weighted by molar-refractivity contribution is 0.178. The van der Waals surface area contributed by atoms with Gasteiger partial charge >= 0.3 is 0 Å². The average molecular weight is 391 g/mol. The number of thiophene rings is 1. The SMILES string of the molecule is COCc1nc(NC(CO)c2ccccc2)c2c(-c3ccccc3)csc2n1. The van der Waals surface area contributed by atoms with Crippen LogP contribution in [0.5, 0.6) is 0 Å². The molecular formula is C22H21N3O2S. The zero-order chi connectivity index (χ0) is 19.3. The molecule has 0 radical (unpaired) electrons. The third kappa shape index (κ3) is 3.75. The summed E-state index contributed by atoms with van der Waals surface area (Å²) in [5, 5.41) is 16.5. The van der Waals surface area contributed by atoms with Gasteiger partial charge in [-0.2, -0.15) is 0 Å². The summed E-state index contributed by atoms with van der Waals surface area (Å²) >= 11 is 1.58. The molecule has 2 heterocycles. The predicted molar refractivity (Wildman–Crippen MR) is 113 cm³/mol. The maximum atomic E-state index is 9.99. The Kier molecular flexibility index (Phi) is 5.62. The van der Waals surface area contributed by atoms with Crippen LogP contribution in [0.3, 0.4) is 0 Å². The van der Waals surface area contributed by atoms with Crippen molar-refractivity contribution in [3.8, 4) is 11.1 Å². The number of methoxy groups -OCH3 is 1. The third-order valence-electron chi connectivity index (χ3n) is 4.53. The fourth-order valence-corrected chi connectivity index (χ4v) is 4.16. The van der Waals surface area contributed by atoms with Crippen molar-refractivity contribution >= 4 is 27.4 Å². The molecule has 0 aliphatic carbocycles. The van der Waals surface area contributed by atoms with E-state index < -0.39 is 0 Å². The van der Waals surface area contributed by atoms with Crippen LogP contribution in [0.2, 0.25) is 0 Å². The van der Waals surface area contributed by atoms with Crippen LogP contribution in [0.25, 0.3) is 21.3 Å². The zero-order valence-electron chi connectivity index (χ0n) is 15.5. The van der Waals surface area contributed by atoms with Crippen LogP contribution in [0.4, 0.5) is 5.82 Å². The van der Waals surface area contributed by atoms with Gasteiger partial charge < -0.3 is 15.2 Å². The van der Waals surface area contributed by atoms with Gasteiger partial charge in [0.15, 0.2) is 5.82 Å². The van der Waals surface area contributed by atoms with Crippen LogP contribution in [0.15, 0.2) is 66.0 Å². The number of nitrogens with one attached hydrogen (secondary N) is 1. The Balaban J connectivity index is 1.83. The topological polar surface area (TPSA) is 67.3 Å². The second-order valence-corrected chi connectivity index (χ2v) is 7.27. The van der Waals surface area contributed by atoms with Crippen LogP contribution in [-0.2, 0) is 11.3 Å². The number of anilines is 1. The highest BCUT2D eigenvalue weighted by Crippen LogP contribution is 2.38. The summed E-state index contributed by atoms with van der Waals surface area (Å²) in [6.07, 6.45) is 0. The largest absolute Gasteiger partial charge is 0.394 e. The summed E-state index contributed by atoms with van der Waals surface area (Å²) < 4.78 is 5.24. The number of hydrogen-bond donors (Lipinski definition) is 2. The first-order chi connectivity index (χ1) is 13.8. The molecule has 0 fully saturated rings. The number of aliphatic hydroxyl groups is 1. The summed E-state index contributed by atoms with van der Waals surface area (Å²) in [7, 11) is 1.63. The minimum Gasteiger partial charge on any atom is -0.394 e. The monoisotopic (exact) mass is 391 g/mol. The molecule has 28 heavy (non-hydrogen) atoms. The van der Waals surface area contributed by atoms with Gasteiger partial charge in [-0.25, -0.2) is 9.97 Å². The van der Waals surface area contributed by atoms with E-state index in [2.05, 4.69) is 27.8 Å². The summed E-state index contributed by atoms with van der Waals surface area (Å²) in [4.78, 5) is 10.3. The number of hydrogen-bond acceptors (Lipinski definition) is 6. The zero-order valence-corrected chi connectivity index (χ0v) is 16.3. The maximum Gasteiger partial charge on any atom is 0.158 e. The number of aromatic nitrogens is 2. The van der Waals surface area contributed by atoms with Crippen LogP contribution in [0, 0.1) is 0 Å². The highest BCUT2D eigenvalue weighted by atomic mass is 32.1. The van der Waals surface area contributed by atoms with E-state index in [4.69, 9.17) is 9.72 Å².